The molecule has 5 aromatic carbocycles. The third-order valence-electron chi connectivity index (χ3n) is 6.43. The Morgan fingerprint density at radius 2 is 1.00 bits per heavy atom. The Morgan fingerprint density at radius 1 is 0.571 bits per heavy atom. The van der Waals surface area contributed by atoms with Crippen LogP contribution in [-0.2, 0) is 0 Å². The van der Waals surface area contributed by atoms with Gasteiger partial charge >= 0.3 is 0 Å². The van der Waals surface area contributed by atoms with Gasteiger partial charge in [0.2, 0.25) is 0 Å². The van der Waals surface area contributed by atoms with Gasteiger partial charge in [-0.25, -0.2) is 0 Å². The molecule has 2 N–H and O–H groups in total. The zero-order chi connectivity index (χ0) is 24.5. The molecule has 0 fully saturated rings. The average molecular weight is 459 g/mol. The maximum atomic E-state index is 10.5. The van der Waals surface area contributed by atoms with E-state index in [9.17, 15) is 10.2 Å². The van der Waals surface area contributed by atoms with E-state index >= 15 is 0 Å². The molecule has 4 nitrogen and oxygen atoms in total. The molecule has 35 heavy (non-hydrogen) atoms. The van der Waals surface area contributed by atoms with Crippen LogP contribution in [0.2, 0.25) is 0 Å². The number of nitrogens with zero attached hydrogens (tertiary/aromatic N) is 2. The van der Waals surface area contributed by atoms with Crippen LogP contribution in [0.3, 0.4) is 0 Å². The molecular weight excluding hydrogens is 432 g/mol. The second-order valence-electron chi connectivity index (χ2n) is 8.79. The van der Waals surface area contributed by atoms with Crippen molar-refractivity contribution in [3.05, 3.63) is 107 Å². The number of hydrogen-bond donors (Lipinski definition) is 2. The number of aliphatic imine (C=N–C) groups is 2. The quantitative estimate of drug-likeness (QED) is 0.270. The molecule has 0 amide bonds. The minimum Gasteiger partial charge on any atom is -0.507 e. The SMILES string of the molecule is Cc1cc(C)c(N=Cc2c(O)ccc3ccccc23)c(C)c1N=Cc1c(O)ccc2ccccc12. The lowest BCUT2D eigenvalue weighted by Gasteiger charge is -2.12. The lowest BCUT2D eigenvalue weighted by molar-refractivity contribution is 0.475. The summed E-state index contributed by atoms with van der Waals surface area (Å²) in [5.74, 6) is 0.388. The Balaban J connectivity index is 1.59. The van der Waals surface area contributed by atoms with Crippen molar-refractivity contribution < 1.29 is 10.2 Å². The van der Waals surface area contributed by atoms with Gasteiger partial charge in [-0.2, -0.15) is 0 Å². The van der Waals surface area contributed by atoms with Crippen LogP contribution in [0.15, 0.2) is 88.8 Å². The van der Waals surface area contributed by atoms with E-state index in [0.717, 1.165) is 49.6 Å². The first-order chi connectivity index (χ1) is 16.9. The molecule has 0 saturated heterocycles. The van der Waals surface area contributed by atoms with Gasteiger partial charge in [-0.15, -0.1) is 0 Å². The number of rotatable bonds is 4. The summed E-state index contributed by atoms with van der Waals surface area (Å²) in [6, 6.07) is 25.1. The highest BCUT2D eigenvalue weighted by Crippen LogP contribution is 2.36. The lowest BCUT2D eigenvalue weighted by atomic mass is 10.0. The largest absolute Gasteiger partial charge is 0.507 e. The molecule has 0 aliphatic rings. The summed E-state index contributed by atoms with van der Waals surface area (Å²) in [6.45, 7) is 6.06. The highest BCUT2D eigenvalue weighted by Gasteiger charge is 2.12. The third-order valence-corrected chi connectivity index (χ3v) is 6.43. The monoisotopic (exact) mass is 458 g/mol. The first kappa shape index (κ1) is 22.4. The van der Waals surface area contributed by atoms with Crippen LogP contribution in [-0.4, -0.2) is 22.6 Å². The van der Waals surface area contributed by atoms with Crippen molar-refractivity contribution >= 4 is 45.3 Å². The van der Waals surface area contributed by atoms with Gasteiger partial charge in [-0.1, -0.05) is 66.7 Å². The summed E-state index contributed by atoms with van der Waals surface area (Å²) < 4.78 is 0. The Hall–Kier alpha value is -4.44. The normalized spacial score (nSPS) is 11.9. The number of aryl methyl sites for hydroxylation is 2. The van der Waals surface area contributed by atoms with E-state index < -0.39 is 0 Å². The molecule has 0 heterocycles. The first-order valence-corrected chi connectivity index (χ1v) is 11.5. The van der Waals surface area contributed by atoms with Crippen LogP contribution in [0.1, 0.15) is 27.8 Å². The third kappa shape index (κ3) is 4.15. The molecular formula is C31H26N2O2. The predicted octanol–water partition coefficient (Wildman–Crippen LogP) is 7.83. The maximum Gasteiger partial charge on any atom is 0.124 e. The fourth-order valence-corrected chi connectivity index (χ4v) is 4.66. The number of phenolic OH excluding ortho intramolecular Hbond substituents is 2. The molecule has 0 bridgehead atoms. The van der Waals surface area contributed by atoms with Crippen molar-refractivity contribution in [3.63, 3.8) is 0 Å². The van der Waals surface area contributed by atoms with Crippen LogP contribution in [0.5, 0.6) is 11.5 Å². The van der Waals surface area contributed by atoms with E-state index in [1.807, 2.05) is 81.4 Å². The number of aromatic hydroxyl groups is 2. The molecule has 0 aliphatic heterocycles. The number of benzene rings is 5. The summed E-state index contributed by atoms with van der Waals surface area (Å²) in [6.07, 6.45) is 3.46. The minimum absolute atomic E-state index is 0.194. The molecule has 5 aromatic rings. The lowest BCUT2D eigenvalue weighted by Crippen LogP contribution is -1.91. The summed E-state index contributed by atoms with van der Waals surface area (Å²) in [7, 11) is 0. The van der Waals surface area contributed by atoms with E-state index in [1.54, 1.807) is 24.6 Å². The van der Waals surface area contributed by atoms with Gasteiger partial charge < -0.3 is 10.2 Å². The second-order valence-corrected chi connectivity index (χ2v) is 8.79. The van der Waals surface area contributed by atoms with Gasteiger partial charge in [0.25, 0.3) is 0 Å². The van der Waals surface area contributed by atoms with Gasteiger partial charge in [0.05, 0.1) is 11.4 Å². The summed E-state index contributed by atoms with van der Waals surface area (Å²) in [4.78, 5) is 9.60. The Morgan fingerprint density at radius 3 is 1.46 bits per heavy atom. The van der Waals surface area contributed by atoms with Crippen molar-refractivity contribution in [1.82, 2.24) is 0 Å². The van der Waals surface area contributed by atoms with Gasteiger partial charge in [-0.05, 0) is 65.6 Å². The fourth-order valence-electron chi connectivity index (χ4n) is 4.66. The van der Waals surface area contributed by atoms with Crippen LogP contribution < -0.4 is 0 Å². The standard InChI is InChI=1S/C31H26N2O2/c1-19-16-20(2)31(33-18-27-25-11-7-5-9-23(25)13-15-29(27)35)21(3)30(19)32-17-26-24-10-6-4-8-22(24)12-14-28(26)34/h4-18,34-35H,1-3H3. The zero-order valence-electron chi connectivity index (χ0n) is 19.9. The van der Waals surface area contributed by atoms with Crippen molar-refractivity contribution in [1.29, 1.82) is 0 Å². The van der Waals surface area contributed by atoms with Crippen LogP contribution in [0.4, 0.5) is 11.4 Å². The number of phenols is 2. The second kappa shape index (κ2) is 9.07. The molecule has 0 atom stereocenters. The molecule has 4 heteroatoms. The van der Waals surface area contributed by atoms with Crippen molar-refractivity contribution in [2.45, 2.75) is 20.8 Å². The van der Waals surface area contributed by atoms with Crippen molar-refractivity contribution in [2.24, 2.45) is 9.98 Å². The molecule has 0 saturated carbocycles. The van der Waals surface area contributed by atoms with Crippen molar-refractivity contribution in [2.75, 3.05) is 0 Å². The molecule has 0 radical (unpaired) electrons. The number of fused-ring (bicyclic) bond motifs is 2. The van der Waals surface area contributed by atoms with Gasteiger partial charge in [-0.3, -0.25) is 9.98 Å². The molecule has 0 aromatic heterocycles. The Bertz CT molecular complexity index is 1530. The fraction of sp³-hybridized carbons (Fsp3) is 0.0968. The Kier molecular flexibility index (Phi) is 5.79. The molecule has 5 rings (SSSR count). The molecule has 0 unspecified atom stereocenters. The minimum atomic E-state index is 0.194. The van der Waals surface area contributed by atoms with E-state index in [2.05, 4.69) is 6.07 Å². The topological polar surface area (TPSA) is 65.2 Å². The average Bonchev–Trinajstić information content (AvgIpc) is 2.85. The summed E-state index contributed by atoms with van der Waals surface area (Å²) >= 11 is 0. The summed E-state index contributed by atoms with van der Waals surface area (Å²) in [5, 5.41) is 25.0. The highest BCUT2D eigenvalue weighted by molar-refractivity contribution is 6.04. The molecule has 172 valence electrons. The summed E-state index contributed by atoms with van der Waals surface area (Å²) in [5.41, 5.74) is 6.01. The smallest absolute Gasteiger partial charge is 0.124 e. The van der Waals surface area contributed by atoms with Crippen LogP contribution in [0, 0.1) is 20.8 Å². The van der Waals surface area contributed by atoms with Gasteiger partial charge in [0.15, 0.2) is 0 Å². The van der Waals surface area contributed by atoms with E-state index in [-0.39, 0.29) is 11.5 Å². The number of hydrogen-bond acceptors (Lipinski definition) is 4. The van der Waals surface area contributed by atoms with E-state index in [1.165, 1.54) is 0 Å². The van der Waals surface area contributed by atoms with Crippen LogP contribution >= 0.6 is 0 Å². The van der Waals surface area contributed by atoms with Gasteiger partial charge in [0, 0.05) is 29.1 Å². The van der Waals surface area contributed by atoms with E-state index in [0.29, 0.717) is 11.1 Å². The highest BCUT2D eigenvalue weighted by atomic mass is 16.3. The molecule has 0 aliphatic carbocycles. The van der Waals surface area contributed by atoms with Crippen molar-refractivity contribution in [3.8, 4) is 11.5 Å². The first-order valence-electron chi connectivity index (χ1n) is 11.5. The van der Waals surface area contributed by atoms with Gasteiger partial charge in [0.1, 0.15) is 11.5 Å². The molecule has 0 spiro atoms. The Labute approximate surface area is 204 Å². The van der Waals surface area contributed by atoms with E-state index in [4.69, 9.17) is 9.98 Å². The predicted molar refractivity (Wildman–Crippen MR) is 146 cm³/mol. The van der Waals surface area contributed by atoms with Crippen LogP contribution in [0.25, 0.3) is 21.5 Å². The maximum absolute atomic E-state index is 10.5. The zero-order valence-corrected chi connectivity index (χ0v) is 19.9.